The maximum atomic E-state index is 5.42. The number of thiophene rings is 1. The number of hydrogen-bond donors (Lipinski definition) is 1. The average Bonchev–Trinajstić information content (AvgIpc) is 2.97. The number of nitrogens with one attached hydrogen (secondary N) is 1. The van der Waals surface area contributed by atoms with Gasteiger partial charge in [-0.15, -0.1) is 11.3 Å². The van der Waals surface area contributed by atoms with E-state index in [1.807, 2.05) is 6.92 Å². The molecule has 1 aromatic carbocycles. The van der Waals surface area contributed by atoms with Crippen molar-refractivity contribution >= 4 is 21.4 Å². The van der Waals surface area contributed by atoms with Gasteiger partial charge in [0.15, 0.2) is 0 Å². The zero-order valence-corrected chi connectivity index (χ0v) is 11.0. The monoisotopic (exact) mass is 258 g/mol. The topological polar surface area (TPSA) is 38.1 Å². The number of oxazole rings is 1. The van der Waals surface area contributed by atoms with Crippen molar-refractivity contribution in [1.82, 2.24) is 10.3 Å². The fraction of sp³-hybridized carbons (Fsp3) is 0.214. The van der Waals surface area contributed by atoms with Crippen LogP contribution in [0.2, 0.25) is 0 Å². The molecule has 0 unspecified atom stereocenters. The first kappa shape index (κ1) is 11.4. The molecule has 0 aliphatic heterocycles. The SMILES string of the molecule is Cc1cnc(CNCc2csc3ccccc23)o1. The van der Waals surface area contributed by atoms with Crippen molar-refractivity contribution in [2.24, 2.45) is 0 Å². The molecule has 1 N–H and O–H groups in total. The molecule has 0 amide bonds. The smallest absolute Gasteiger partial charge is 0.208 e. The van der Waals surface area contributed by atoms with E-state index < -0.39 is 0 Å². The summed E-state index contributed by atoms with van der Waals surface area (Å²) >= 11 is 1.79. The first-order valence-electron chi connectivity index (χ1n) is 5.90. The van der Waals surface area contributed by atoms with Crippen molar-refractivity contribution in [1.29, 1.82) is 0 Å². The lowest BCUT2D eigenvalue weighted by Crippen LogP contribution is -2.12. The molecule has 0 radical (unpaired) electrons. The van der Waals surface area contributed by atoms with Crippen LogP contribution in [-0.2, 0) is 13.1 Å². The van der Waals surface area contributed by atoms with Crippen LogP contribution in [0.4, 0.5) is 0 Å². The number of fused-ring (bicyclic) bond motifs is 1. The Bertz CT molecular complexity index is 656. The van der Waals surface area contributed by atoms with Crippen LogP contribution in [0.1, 0.15) is 17.2 Å². The van der Waals surface area contributed by atoms with E-state index in [0.29, 0.717) is 6.54 Å². The standard InChI is InChI=1S/C14H14N2OS/c1-10-6-16-14(17-10)8-15-7-11-9-18-13-5-3-2-4-12(11)13/h2-6,9,15H,7-8H2,1H3. The summed E-state index contributed by atoms with van der Waals surface area (Å²) in [6.07, 6.45) is 1.75. The highest BCUT2D eigenvalue weighted by atomic mass is 32.1. The van der Waals surface area contributed by atoms with Crippen LogP contribution in [0.5, 0.6) is 0 Å². The third-order valence-corrected chi connectivity index (χ3v) is 3.83. The number of nitrogens with zero attached hydrogens (tertiary/aromatic N) is 1. The first-order chi connectivity index (χ1) is 8.83. The van der Waals surface area contributed by atoms with Gasteiger partial charge in [-0.1, -0.05) is 18.2 Å². The Hall–Kier alpha value is -1.65. The van der Waals surface area contributed by atoms with Crippen LogP contribution in [0.25, 0.3) is 10.1 Å². The Morgan fingerprint density at radius 3 is 3.00 bits per heavy atom. The lowest BCUT2D eigenvalue weighted by Gasteiger charge is -2.01. The van der Waals surface area contributed by atoms with Crippen LogP contribution in [-0.4, -0.2) is 4.98 Å². The third kappa shape index (κ3) is 2.30. The maximum Gasteiger partial charge on any atom is 0.208 e. The average molecular weight is 258 g/mol. The maximum absolute atomic E-state index is 5.42. The Balaban J connectivity index is 1.66. The molecule has 0 bridgehead atoms. The quantitative estimate of drug-likeness (QED) is 0.778. The fourth-order valence-corrected chi connectivity index (χ4v) is 2.92. The van der Waals surface area contributed by atoms with Crippen molar-refractivity contribution in [3.05, 3.63) is 53.1 Å². The van der Waals surface area contributed by atoms with Gasteiger partial charge in [0, 0.05) is 11.2 Å². The molecule has 0 aliphatic carbocycles. The van der Waals surface area contributed by atoms with E-state index in [9.17, 15) is 0 Å². The summed E-state index contributed by atoms with van der Waals surface area (Å²) in [5.74, 6) is 1.60. The molecule has 0 saturated heterocycles. The van der Waals surface area contributed by atoms with Crippen molar-refractivity contribution < 1.29 is 4.42 Å². The molecule has 0 fully saturated rings. The number of aryl methyl sites for hydroxylation is 1. The fourth-order valence-electron chi connectivity index (χ4n) is 1.96. The highest BCUT2D eigenvalue weighted by Crippen LogP contribution is 2.25. The highest BCUT2D eigenvalue weighted by molar-refractivity contribution is 7.17. The van der Waals surface area contributed by atoms with Gasteiger partial charge in [0.25, 0.3) is 0 Å². The molecule has 2 heterocycles. The molecule has 0 saturated carbocycles. The number of rotatable bonds is 4. The summed E-state index contributed by atoms with van der Waals surface area (Å²) in [6, 6.07) is 8.47. The normalized spacial score (nSPS) is 11.2. The largest absolute Gasteiger partial charge is 0.445 e. The highest BCUT2D eigenvalue weighted by Gasteiger charge is 2.04. The van der Waals surface area contributed by atoms with Crippen LogP contribution >= 0.6 is 11.3 Å². The zero-order chi connectivity index (χ0) is 12.4. The Kier molecular flexibility index (Phi) is 3.13. The van der Waals surface area contributed by atoms with E-state index in [2.05, 4.69) is 39.9 Å². The van der Waals surface area contributed by atoms with Crippen molar-refractivity contribution in [2.75, 3.05) is 0 Å². The zero-order valence-electron chi connectivity index (χ0n) is 10.1. The van der Waals surface area contributed by atoms with Gasteiger partial charge in [0.1, 0.15) is 5.76 Å². The molecular weight excluding hydrogens is 244 g/mol. The second kappa shape index (κ2) is 4.92. The molecule has 2 aromatic heterocycles. The van der Waals surface area contributed by atoms with E-state index in [1.165, 1.54) is 15.6 Å². The van der Waals surface area contributed by atoms with Crippen LogP contribution in [0, 0.1) is 6.92 Å². The first-order valence-corrected chi connectivity index (χ1v) is 6.78. The van der Waals surface area contributed by atoms with E-state index in [4.69, 9.17) is 4.42 Å². The molecular formula is C14H14N2OS. The second-order valence-corrected chi connectivity index (χ2v) is 5.14. The summed E-state index contributed by atoms with van der Waals surface area (Å²) in [5.41, 5.74) is 1.33. The number of hydrogen-bond acceptors (Lipinski definition) is 4. The van der Waals surface area contributed by atoms with Gasteiger partial charge in [0.2, 0.25) is 5.89 Å². The Labute approximate surface area is 109 Å². The van der Waals surface area contributed by atoms with Crippen molar-refractivity contribution in [3.63, 3.8) is 0 Å². The third-order valence-electron chi connectivity index (χ3n) is 2.82. The molecule has 92 valence electrons. The predicted octanol–water partition coefficient (Wildman–Crippen LogP) is 3.49. The summed E-state index contributed by atoms with van der Waals surface area (Å²) < 4.78 is 6.75. The minimum atomic E-state index is 0.665. The van der Waals surface area contributed by atoms with Gasteiger partial charge < -0.3 is 9.73 Å². The summed E-state index contributed by atoms with van der Waals surface area (Å²) in [5, 5.41) is 6.90. The molecule has 0 aliphatic rings. The summed E-state index contributed by atoms with van der Waals surface area (Å²) in [7, 11) is 0. The predicted molar refractivity (Wildman–Crippen MR) is 73.6 cm³/mol. The van der Waals surface area contributed by atoms with Gasteiger partial charge in [-0.3, -0.25) is 0 Å². The number of benzene rings is 1. The Morgan fingerprint density at radius 2 is 2.17 bits per heavy atom. The molecule has 3 nitrogen and oxygen atoms in total. The lowest BCUT2D eigenvalue weighted by molar-refractivity contribution is 0.449. The van der Waals surface area contributed by atoms with E-state index in [0.717, 1.165) is 18.2 Å². The summed E-state index contributed by atoms with van der Waals surface area (Å²) in [4.78, 5) is 4.17. The van der Waals surface area contributed by atoms with Crippen molar-refractivity contribution in [2.45, 2.75) is 20.0 Å². The molecule has 3 rings (SSSR count). The minimum absolute atomic E-state index is 0.665. The van der Waals surface area contributed by atoms with Gasteiger partial charge in [0.05, 0.1) is 12.7 Å². The Morgan fingerprint density at radius 1 is 1.28 bits per heavy atom. The van der Waals surface area contributed by atoms with E-state index in [-0.39, 0.29) is 0 Å². The molecule has 0 atom stereocenters. The van der Waals surface area contributed by atoms with E-state index >= 15 is 0 Å². The van der Waals surface area contributed by atoms with Crippen LogP contribution < -0.4 is 5.32 Å². The second-order valence-electron chi connectivity index (χ2n) is 4.23. The van der Waals surface area contributed by atoms with Gasteiger partial charge >= 0.3 is 0 Å². The van der Waals surface area contributed by atoms with Crippen LogP contribution in [0.3, 0.4) is 0 Å². The molecule has 4 heteroatoms. The van der Waals surface area contributed by atoms with Gasteiger partial charge in [-0.05, 0) is 29.3 Å². The lowest BCUT2D eigenvalue weighted by atomic mass is 10.2. The molecule has 3 aromatic rings. The number of aromatic nitrogens is 1. The van der Waals surface area contributed by atoms with E-state index in [1.54, 1.807) is 17.5 Å². The summed E-state index contributed by atoms with van der Waals surface area (Å²) in [6.45, 7) is 3.41. The van der Waals surface area contributed by atoms with Gasteiger partial charge in [-0.2, -0.15) is 0 Å². The molecule has 18 heavy (non-hydrogen) atoms. The van der Waals surface area contributed by atoms with Crippen molar-refractivity contribution in [3.8, 4) is 0 Å². The molecule has 0 spiro atoms. The van der Waals surface area contributed by atoms with Gasteiger partial charge in [-0.25, -0.2) is 4.98 Å². The minimum Gasteiger partial charge on any atom is -0.445 e. The van der Waals surface area contributed by atoms with Crippen LogP contribution in [0.15, 0.2) is 40.3 Å².